The number of amides is 1. The Morgan fingerprint density at radius 2 is 2.03 bits per heavy atom. The average Bonchev–Trinajstić information content (AvgIpc) is 3.39. The molecule has 0 aliphatic heterocycles. The molecule has 0 spiro atoms. The summed E-state index contributed by atoms with van der Waals surface area (Å²) in [6, 6.07) is 16.0. The number of rotatable bonds is 7. The van der Waals surface area contributed by atoms with Gasteiger partial charge in [-0.15, -0.1) is 12.4 Å². The molecule has 0 unspecified atom stereocenters. The summed E-state index contributed by atoms with van der Waals surface area (Å²) in [5.74, 6) is -0.0599. The van der Waals surface area contributed by atoms with E-state index in [1.54, 1.807) is 34.8 Å². The van der Waals surface area contributed by atoms with Crippen molar-refractivity contribution in [3.8, 4) is 0 Å². The Bertz CT molecular complexity index is 1120. The van der Waals surface area contributed by atoms with E-state index in [0.717, 1.165) is 33.9 Å². The van der Waals surface area contributed by atoms with Crippen LogP contribution in [0.4, 0.5) is 5.13 Å². The first-order valence-electron chi connectivity index (χ1n) is 9.56. The van der Waals surface area contributed by atoms with Crippen molar-refractivity contribution in [2.45, 2.75) is 19.9 Å². The minimum atomic E-state index is -0.0599. The van der Waals surface area contributed by atoms with E-state index in [1.807, 2.05) is 59.3 Å². The van der Waals surface area contributed by atoms with Crippen molar-refractivity contribution in [3.05, 3.63) is 84.5 Å². The van der Waals surface area contributed by atoms with Gasteiger partial charge in [-0.1, -0.05) is 47.7 Å². The van der Waals surface area contributed by atoms with Crippen molar-refractivity contribution in [1.82, 2.24) is 14.5 Å². The number of thiazole rings is 1. The topological polar surface area (TPSA) is 51.0 Å². The zero-order valence-corrected chi connectivity index (χ0v) is 18.3. The normalized spacial score (nSPS) is 11.0. The molecule has 0 fully saturated rings. The maximum Gasteiger partial charge on any atom is 0.252 e. The maximum absolute atomic E-state index is 13.0. The predicted octanol–water partition coefficient (Wildman–Crippen LogP) is 5.36. The monoisotopic (exact) mass is 438 g/mol. The van der Waals surface area contributed by atoms with E-state index >= 15 is 0 Å². The summed E-state index contributed by atoms with van der Waals surface area (Å²) in [4.78, 5) is 23.6. The number of imidazole rings is 1. The largest absolute Gasteiger partial charge is 0.337 e. The Balaban J connectivity index is 0.00000256. The van der Waals surface area contributed by atoms with Crippen LogP contribution >= 0.6 is 23.7 Å². The Morgan fingerprint density at radius 3 is 2.80 bits per heavy atom. The van der Waals surface area contributed by atoms with Crippen LogP contribution in [0.15, 0.2) is 73.3 Å². The molecule has 2 aromatic heterocycles. The molecule has 0 N–H and O–H groups in total. The molecule has 2 aromatic carbocycles. The fourth-order valence-electron chi connectivity index (χ4n) is 3.09. The maximum atomic E-state index is 13.0. The minimum absolute atomic E-state index is 0. The van der Waals surface area contributed by atoms with Gasteiger partial charge in [-0.05, 0) is 42.7 Å². The first-order chi connectivity index (χ1) is 14.2. The molecule has 0 saturated heterocycles. The van der Waals surface area contributed by atoms with Crippen LogP contribution in [0.25, 0.3) is 16.3 Å². The molecule has 4 aromatic rings. The number of benzene rings is 2. The minimum Gasteiger partial charge on any atom is -0.337 e. The summed E-state index contributed by atoms with van der Waals surface area (Å²) in [6.07, 6.45) is 9.79. The molecule has 30 heavy (non-hydrogen) atoms. The summed E-state index contributed by atoms with van der Waals surface area (Å²) >= 11 is 1.56. The van der Waals surface area contributed by atoms with Crippen LogP contribution in [0.2, 0.25) is 0 Å². The van der Waals surface area contributed by atoms with Gasteiger partial charge in [0.15, 0.2) is 5.13 Å². The summed E-state index contributed by atoms with van der Waals surface area (Å²) in [6.45, 7) is 3.46. The zero-order chi connectivity index (χ0) is 20.1. The van der Waals surface area contributed by atoms with E-state index in [0.29, 0.717) is 6.54 Å². The highest BCUT2D eigenvalue weighted by Gasteiger charge is 2.17. The summed E-state index contributed by atoms with van der Waals surface area (Å²) < 4.78 is 3.11. The van der Waals surface area contributed by atoms with Gasteiger partial charge in [-0.25, -0.2) is 9.97 Å². The summed E-state index contributed by atoms with van der Waals surface area (Å²) in [7, 11) is 0. The van der Waals surface area contributed by atoms with Gasteiger partial charge in [0.25, 0.3) is 5.91 Å². The highest BCUT2D eigenvalue weighted by Crippen LogP contribution is 2.30. The van der Waals surface area contributed by atoms with E-state index in [-0.39, 0.29) is 18.3 Å². The Labute approximate surface area is 186 Å². The molecule has 0 bridgehead atoms. The fourth-order valence-corrected chi connectivity index (χ4v) is 4.18. The third-order valence-electron chi connectivity index (χ3n) is 4.60. The molecule has 4 rings (SSSR count). The highest BCUT2D eigenvalue weighted by atomic mass is 35.5. The van der Waals surface area contributed by atoms with Gasteiger partial charge in [-0.3, -0.25) is 9.69 Å². The Hall–Kier alpha value is -2.96. The van der Waals surface area contributed by atoms with Crippen molar-refractivity contribution in [3.63, 3.8) is 0 Å². The predicted molar refractivity (Wildman–Crippen MR) is 126 cm³/mol. The lowest BCUT2D eigenvalue weighted by molar-refractivity contribution is -0.114. The molecule has 154 valence electrons. The van der Waals surface area contributed by atoms with Crippen LogP contribution < -0.4 is 4.90 Å². The van der Waals surface area contributed by atoms with Crippen molar-refractivity contribution < 1.29 is 4.79 Å². The van der Waals surface area contributed by atoms with Crippen LogP contribution in [0.5, 0.6) is 0 Å². The van der Waals surface area contributed by atoms with E-state index in [1.165, 1.54) is 5.56 Å². The molecular formula is C23H23ClN4OS. The summed E-state index contributed by atoms with van der Waals surface area (Å²) in [5, 5.41) is 0.735. The van der Waals surface area contributed by atoms with Crippen LogP contribution in [-0.2, 0) is 11.3 Å². The number of aryl methyl sites for hydroxylation is 2. The number of hydrogen-bond donors (Lipinski definition) is 0. The van der Waals surface area contributed by atoms with Gasteiger partial charge in [0.2, 0.25) is 0 Å². The smallest absolute Gasteiger partial charge is 0.252 e. The second-order valence-electron chi connectivity index (χ2n) is 6.86. The van der Waals surface area contributed by atoms with Crippen molar-refractivity contribution in [2.24, 2.45) is 0 Å². The number of hydrogen-bond acceptors (Lipinski definition) is 4. The third kappa shape index (κ3) is 5.34. The lowest BCUT2D eigenvalue weighted by Crippen LogP contribution is -2.30. The Morgan fingerprint density at radius 1 is 1.20 bits per heavy atom. The van der Waals surface area contributed by atoms with Crippen molar-refractivity contribution >= 4 is 51.1 Å². The molecule has 5 nitrogen and oxygen atoms in total. The zero-order valence-electron chi connectivity index (χ0n) is 16.6. The first kappa shape index (κ1) is 21.7. The number of nitrogens with zero attached hydrogens (tertiary/aromatic N) is 4. The second kappa shape index (κ2) is 10.2. The molecule has 0 atom stereocenters. The molecule has 2 heterocycles. The standard InChI is InChI=1S/C23H22N4OS.ClH/c1-18-8-10-20-21(16-18)29-23(25-20)27(14-5-13-26-15-12-24-17-26)22(28)11-9-19-6-3-2-4-7-19;/h2-4,6-12,15-17H,5,13-14H2,1H3;1H/b11-9+;. The van der Waals surface area contributed by atoms with E-state index < -0.39 is 0 Å². The van der Waals surface area contributed by atoms with Gasteiger partial charge in [-0.2, -0.15) is 0 Å². The third-order valence-corrected chi connectivity index (χ3v) is 5.65. The molecule has 7 heteroatoms. The number of anilines is 1. The lowest BCUT2D eigenvalue weighted by Gasteiger charge is -2.18. The van der Waals surface area contributed by atoms with Crippen LogP contribution in [0.3, 0.4) is 0 Å². The van der Waals surface area contributed by atoms with Crippen LogP contribution in [-0.4, -0.2) is 27.0 Å². The number of carbonyl (C=O) groups excluding carboxylic acids is 1. The van der Waals surface area contributed by atoms with Gasteiger partial charge in [0.05, 0.1) is 16.5 Å². The molecule has 0 aliphatic carbocycles. The molecule has 0 saturated carbocycles. The summed E-state index contributed by atoms with van der Waals surface area (Å²) in [5.41, 5.74) is 3.11. The quantitative estimate of drug-likeness (QED) is 0.365. The molecule has 0 aliphatic rings. The molecule has 0 radical (unpaired) electrons. The van der Waals surface area contributed by atoms with Gasteiger partial charge in [0, 0.05) is 31.6 Å². The number of fused-ring (bicyclic) bond motifs is 1. The Kier molecular flexibility index (Phi) is 7.38. The first-order valence-corrected chi connectivity index (χ1v) is 10.4. The number of aromatic nitrogens is 3. The van der Waals surface area contributed by atoms with Gasteiger partial charge >= 0.3 is 0 Å². The number of carbonyl (C=O) groups is 1. The van der Waals surface area contributed by atoms with E-state index in [4.69, 9.17) is 4.98 Å². The van der Waals surface area contributed by atoms with E-state index in [9.17, 15) is 4.79 Å². The van der Waals surface area contributed by atoms with Crippen LogP contribution in [0.1, 0.15) is 17.5 Å². The van der Waals surface area contributed by atoms with Crippen LogP contribution in [0, 0.1) is 6.92 Å². The number of halogens is 1. The molecule has 1 amide bonds. The second-order valence-corrected chi connectivity index (χ2v) is 7.86. The van der Waals surface area contributed by atoms with E-state index in [2.05, 4.69) is 18.0 Å². The molecular weight excluding hydrogens is 416 g/mol. The fraction of sp³-hybridized carbons (Fsp3) is 0.174. The highest BCUT2D eigenvalue weighted by molar-refractivity contribution is 7.22. The lowest BCUT2D eigenvalue weighted by atomic mass is 10.2. The van der Waals surface area contributed by atoms with Crippen molar-refractivity contribution in [1.29, 1.82) is 0 Å². The van der Waals surface area contributed by atoms with Gasteiger partial charge < -0.3 is 4.57 Å². The SMILES string of the molecule is Cc1ccc2nc(N(CCCn3ccnc3)C(=O)/C=C/c3ccccc3)sc2c1.Cl. The van der Waals surface area contributed by atoms with Gasteiger partial charge in [0.1, 0.15) is 0 Å². The van der Waals surface area contributed by atoms with Crippen molar-refractivity contribution in [2.75, 3.05) is 11.4 Å². The average molecular weight is 439 g/mol.